The zero-order valence-corrected chi connectivity index (χ0v) is 13.6. The molecule has 1 atom stereocenters. The molecule has 124 valence electrons. The van der Waals surface area contributed by atoms with Gasteiger partial charge in [-0.15, -0.1) is 0 Å². The second-order valence-electron chi connectivity index (χ2n) is 5.36. The first kappa shape index (κ1) is 15.9. The minimum Gasteiger partial charge on any atom is -0.495 e. The molecular formula is C19H19NO4. The van der Waals surface area contributed by atoms with E-state index < -0.39 is 0 Å². The second kappa shape index (κ2) is 7.08. The molecule has 3 aromatic rings. The number of hydrogen-bond acceptors (Lipinski definition) is 5. The fourth-order valence-electron chi connectivity index (χ4n) is 2.60. The highest BCUT2D eigenvalue weighted by Crippen LogP contribution is 2.32. The molecule has 1 heterocycles. The molecule has 0 bridgehead atoms. The number of ether oxygens (including phenoxy) is 2. The SMILES string of the molecule is COC(=O)CC(Nc1ccccc1OC)c1cc2ccccc2o1. The van der Waals surface area contributed by atoms with E-state index in [1.807, 2.05) is 54.6 Å². The van der Waals surface area contributed by atoms with Gasteiger partial charge in [-0.2, -0.15) is 0 Å². The third kappa shape index (κ3) is 3.35. The predicted molar refractivity (Wildman–Crippen MR) is 92.2 cm³/mol. The molecule has 24 heavy (non-hydrogen) atoms. The molecule has 5 heteroatoms. The van der Waals surface area contributed by atoms with Crippen LogP contribution >= 0.6 is 0 Å². The highest BCUT2D eigenvalue weighted by molar-refractivity contribution is 5.78. The molecule has 3 rings (SSSR count). The molecule has 0 amide bonds. The van der Waals surface area contributed by atoms with Crippen molar-refractivity contribution in [2.75, 3.05) is 19.5 Å². The highest BCUT2D eigenvalue weighted by Gasteiger charge is 2.21. The number of esters is 1. The number of rotatable bonds is 6. The highest BCUT2D eigenvalue weighted by atomic mass is 16.5. The van der Waals surface area contributed by atoms with Gasteiger partial charge in [-0.05, 0) is 24.3 Å². The second-order valence-corrected chi connectivity index (χ2v) is 5.36. The first-order valence-corrected chi connectivity index (χ1v) is 7.66. The van der Waals surface area contributed by atoms with Crippen molar-refractivity contribution < 1.29 is 18.7 Å². The van der Waals surface area contributed by atoms with Gasteiger partial charge in [0.25, 0.3) is 0 Å². The third-order valence-corrected chi connectivity index (χ3v) is 3.82. The summed E-state index contributed by atoms with van der Waals surface area (Å²) in [6.45, 7) is 0. The maximum absolute atomic E-state index is 11.8. The first-order chi connectivity index (χ1) is 11.7. The van der Waals surface area contributed by atoms with Crippen molar-refractivity contribution >= 4 is 22.6 Å². The van der Waals surface area contributed by atoms with Gasteiger partial charge in [0.2, 0.25) is 0 Å². The average molecular weight is 325 g/mol. The Morgan fingerprint density at radius 1 is 1.12 bits per heavy atom. The summed E-state index contributed by atoms with van der Waals surface area (Å²) in [4.78, 5) is 11.8. The predicted octanol–water partition coefficient (Wildman–Crippen LogP) is 4.16. The fraction of sp³-hybridized carbons (Fsp3) is 0.211. The van der Waals surface area contributed by atoms with Gasteiger partial charge in [-0.3, -0.25) is 4.79 Å². The van der Waals surface area contributed by atoms with Crippen LogP contribution in [0.25, 0.3) is 11.0 Å². The van der Waals surface area contributed by atoms with Crippen LogP contribution in [-0.2, 0) is 9.53 Å². The van der Waals surface area contributed by atoms with Crippen LogP contribution in [0, 0.1) is 0 Å². The largest absolute Gasteiger partial charge is 0.495 e. The third-order valence-electron chi connectivity index (χ3n) is 3.82. The molecule has 0 fully saturated rings. The summed E-state index contributed by atoms with van der Waals surface area (Å²) in [7, 11) is 2.98. The lowest BCUT2D eigenvalue weighted by molar-refractivity contribution is -0.141. The lowest BCUT2D eigenvalue weighted by Crippen LogP contribution is -2.16. The Hall–Kier alpha value is -2.95. The van der Waals surface area contributed by atoms with E-state index in [0.717, 1.165) is 16.7 Å². The number of anilines is 1. The van der Waals surface area contributed by atoms with Crippen LogP contribution in [0.15, 0.2) is 59.0 Å². The quantitative estimate of drug-likeness (QED) is 0.690. The minimum absolute atomic E-state index is 0.147. The van der Waals surface area contributed by atoms with Crippen molar-refractivity contribution in [3.8, 4) is 5.75 Å². The summed E-state index contributed by atoms with van der Waals surface area (Å²) in [6, 6.07) is 16.9. The van der Waals surface area contributed by atoms with Crippen molar-refractivity contribution in [3.05, 3.63) is 60.4 Å². The number of carbonyl (C=O) groups is 1. The van der Waals surface area contributed by atoms with Gasteiger partial charge in [-0.1, -0.05) is 30.3 Å². The van der Waals surface area contributed by atoms with Crippen LogP contribution in [0.4, 0.5) is 5.69 Å². The monoisotopic (exact) mass is 325 g/mol. The van der Waals surface area contributed by atoms with E-state index >= 15 is 0 Å². The van der Waals surface area contributed by atoms with Crippen LogP contribution in [0.2, 0.25) is 0 Å². The standard InChI is InChI=1S/C19H19NO4/c1-22-17-10-6-4-8-14(17)20-15(12-19(21)23-2)18-11-13-7-3-5-9-16(13)24-18/h3-11,15,20H,12H2,1-2H3. The van der Waals surface area contributed by atoms with Gasteiger partial charge >= 0.3 is 5.97 Å². The van der Waals surface area contributed by atoms with E-state index in [0.29, 0.717) is 11.5 Å². The number of para-hydroxylation sites is 3. The summed E-state index contributed by atoms with van der Waals surface area (Å²) in [5.74, 6) is 1.05. The van der Waals surface area contributed by atoms with E-state index in [4.69, 9.17) is 13.9 Å². The van der Waals surface area contributed by atoms with Gasteiger partial charge in [0.15, 0.2) is 0 Å². The normalized spacial score (nSPS) is 11.9. The summed E-state index contributed by atoms with van der Waals surface area (Å²) in [6.07, 6.45) is 0.147. The van der Waals surface area contributed by atoms with Gasteiger partial charge < -0.3 is 19.2 Å². The average Bonchev–Trinajstić information content (AvgIpc) is 3.05. The minimum atomic E-state index is -0.360. The van der Waals surface area contributed by atoms with E-state index in [9.17, 15) is 4.79 Å². The zero-order chi connectivity index (χ0) is 16.9. The Morgan fingerprint density at radius 3 is 2.62 bits per heavy atom. The summed E-state index contributed by atoms with van der Waals surface area (Å²) >= 11 is 0. The summed E-state index contributed by atoms with van der Waals surface area (Å²) < 4.78 is 16.1. The van der Waals surface area contributed by atoms with Crippen LogP contribution in [0.1, 0.15) is 18.2 Å². The number of furan rings is 1. The molecule has 0 aliphatic rings. The topological polar surface area (TPSA) is 60.7 Å². The maximum Gasteiger partial charge on any atom is 0.308 e. The van der Waals surface area contributed by atoms with Crippen LogP contribution in [0.3, 0.4) is 0 Å². The van der Waals surface area contributed by atoms with Crippen molar-refractivity contribution in [1.82, 2.24) is 0 Å². The number of methoxy groups -OCH3 is 2. The number of benzene rings is 2. The summed E-state index contributed by atoms with van der Waals surface area (Å²) in [5, 5.41) is 4.31. The number of hydrogen-bond donors (Lipinski definition) is 1. The number of carbonyl (C=O) groups excluding carboxylic acids is 1. The Morgan fingerprint density at radius 2 is 1.88 bits per heavy atom. The zero-order valence-electron chi connectivity index (χ0n) is 13.6. The van der Waals surface area contributed by atoms with Crippen molar-refractivity contribution in [2.24, 2.45) is 0 Å². The molecule has 0 spiro atoms. The van der Waals surface area contributed by atoms with Crippen molar-refractivity contribution in [2.45, 2.75) is 12.5 Å². The van der Waals surface area contributed by atoms with E-state index in [-0.39, 0.29) is 18.4 Å². The van der Waals surface area contributed by atoms with E-state index in [1.54, 1.807) is 7.11 Å². The Bertz CT molecular complexity index is 807. The van der Waals surface area contributed by atoms with Crippen molar-refractivity contribution in [1.29, 1.82) is 0 Å². The smallest absolute Gasteiger partial charge is 0.308 e. The maximum atomic E-state index is 11.8. The molecule has 0 saturated carbocycles. The molecule has 0 saturated heterocycles. The number of fused-ring (bicyclic) bond motifs is 1. The van der Waals surface area contributed by atoms with E-state index in [2.05, 4.69) is 5.32 Å². The molecule has 0 aliphatic heterocycles. The van der Waals surface area contributed by atoms with E-state index in [1.165, 1.54) is 7.11 Å². The molecule has 1 N–H and O–H groups in total. The lowest BCUT2D eigenvalue weighted by Gasteiger charge is -2.18. The molecule has 2 aromatic carbocycles. The van der Waals surface area contributed by atoms with Gasteiger partial charge in [0, 0.05) is 5.39 Å². The Kier molecular flexibility index (Phi) is 4.70. The Labute approximate surface area is 140 Å². The fourth-order valence-corrected chi connectivity index (χ4v) is 2.60. The van der Waals surface area contributed by atoms with Gasteiger partial charge in [0.05, 0.1) is 32.4 Å². The molecular weight excluding hydrogens is 306 g/mol. The molecule has 0 radical (unpaired) electrons. The lowest BCUT2D eigenvalue weighted by atomic mass is 10.1. The van der Waals surface area contributed by atoms with Crippen LogP contribution in [0.5, 0.6) is 5.75 Å². The Balaban J connectivity index is 1.95. The van der Waals surface area contributed by atoms with Crippen LogP contribution < -0.4 is 10.1 Å². The molecule has 1 unspecified atom stereocenters. The molecule has 5 nitrogen and oxygen atoms in total. The number of nitrogens with one attached hydrogen (secondary N) is 1. The van der Waals surface area contributed by atoms with Crippen molar-refractivity contribution in [3.63, 3.8) is 0 Å². The van der Waals surface area contributed by atoms with Crippen LogP contribution in [-0.4, -0.2) is 20.2 Å². The first-order valence-electron chi connectivity index (χ1n) is 7.66. The van der Waals surface area contributed by atoms with Gasteiger partial charge in [0.1, 0.15) is 17.1 Å². The summed E-state index contributed by atoms with van der Waals surface area (Å²) in [5.41, 5.74) is 1.57. The van der Waals surface area contributed by atoms with Gasteiger partial charge in [-0.25, -0.2) is 0 Å². The molecule has 0 aliphatic carbocycles. The molecule has 1 aromatic heterocycles.